The molecule has 0 radical (unpaired) electrons. The fourth-order valence-electron chi connectivity index (χ4n) is 3.46. The Balaban J connectivity index is 1.90. The molecule has 2 aromatic rings. The molecule has 1 N–H and O–H groups in total. The van der Waals surface area contributed by atoms with E-state index in [0.29, 0.717) is 6.04 Å². The minimum atomic E-state index is 0.334. The second kappa shape index (κ2) is 7.22. The van der Waals surface area contributed by atoms with Gasteiger partial charge in [0.2, 0.25) is 0 Å². The molecular formula is C19H22Cl2NO2+. The normalized spacial score (nSPS) is 19.7. The molecule has 0 aromatic heterocycles. The Labute approximate surface area is 153 Å². The molecule has 0 saturated heterocycles. The van der Waals surface area contributed by atoms with Crippen LogP contribution in [0.3, 0.4) is 0 Å². The van der Waals surface area contributed by atoms with Crippen LogP contribution in [-0.2, 0) is 13.0 Å². The SMILES string of the molecule is COc1cc2c(cc1OC)[C@H](C)[NH+](Cc1c(Cl)cccc1Cl)CC2. The van der Waals surface area contributed by atoms with Crippen LogP contribution in [0.4, 0.5) is 0 Å². The fourth-order valence-corrected chi connectivity index (χ4v) is 3.99. The first-order valence-corrected chi connectivity index (χ1v) is 8.83. The van der Waals surface area contributed by atoms with Gasteiger partial charge < -0.3 is 14.4 Å². The summed E-state index contributed by atoms with van der Waals surface area (Å²) in [4.78, 5) is 1.45. The number of methoxy groups -OCH3 is 2. The lowest BCUT2D eigenvalue weighted by atomic mass is 9.92. The number of halogens is 2. The first kappa shape index (κ1) is 17.4. The zero-order chi connectivity index (χ0) is 17.3. The van der Waals surface area contributed by atoms with Crippen molar-refractivity contribution in [3.8, 4) is 11.5 Å². The van der Waals surface area contributed by atoms with E-state index in [0.717, 1.165) is 46.6 Å². The van der Waals surface area contributed by atoms with Gasteiger partial charge in [-0.2, -0.15) is 0 Å². The van der Waals surface area contributed by atoms with Gasteiger partial charge in [-0.25, -0.2) is 0 Å². The number of ether oxygens (including phenoxy) is 2. The maximum absolute atomic E-state index is 6.35. The molecule has 5 heteroatoms. The van der Waals surface area contributed by atoms with Crippen molar-refractivity contribution < 1.29 is 14.4 Å². The Hall–Kier alpha value is -1.42. The molecule has 3 nitrogen and oxygen atoms in total. The standard InChI is InChI=1S/C19H21Cl2NO2/c1-12-14-10-19(24-3)18(23-2)9-13(14)7-8-22(12)11-15-16(20)5-4-6-17(15)21/h4-6,9-10,12H,7-8,11H2,1-3H3/p+1/t12-/m0/s1. The van der Waals surface area contributed by atoms with Gasteiger partial charge in [0, 0.05) is 17.5 Å². The second-order valence-corrected chi connectivity index (χ2v) is 6.98. The van der Waals surface area contributed by atoms with E-state index >= 15 is 0 Å². The Morgan fingerprint density at radius 2 is 1.71 bits per heavy atom. The predicted octanol–water partition coefficient (Wildman–Crippen LogP) is 3.71. The third-order valence-corrected chi connectivity index (χ3v) is 5.61. The zero-order valence-corrected chi connectivity index (χ0v) is 15.7. The number of hydrogen-bond acceptors (Lipinski definition) is 2. The summed E-state index contributed by atoms with van der Waals surface area (Å²) in [6, 6.07) is 10.2. The van der Waals surface area contributed by atoms with Gasteiger partial charge in [0.1, 0.15) is 12.6 Å². The molecular weight excluding hydrogens is 345 g/mol. The summed E-state index contributed by atoms with van der Waals surface area (Å²) in [7, 11) is 3.35. The van der Waals surface area contributed by atoms with Crippen LogP contribution in [0.2, 0.25) is 10.0 Å². The molecule has 128 valence electrons. The third kappa shape index (κ3) is 3.21. The van der Waals surface area contributed by atoms with Crippen LogP contribution < -0.4 is 14.4 Å². The van der Waals surface area contributed by atoms with E-state index in [1.165, 1.54) is 16.0 Å². The molecule has 24 heavy (non-hydrogen) atoms. The first-order valence-electron chi connectivity index (χ1n) is 8.07. The van der Waals surface area contributed by atoms with E-state index < -0.39 is 0 Å². The molecule has 1 aliphatic heterocycles. The number of nitrogens with one attached hydrogen (secondary N) is 1. The summed E-state index contributed by atoms with van der Waals surface area (Å²) in [6.07, 6.45) is 0.997. The number of fused-ring (bicyclic) bond motifs is 1. The van der Waals surface area contributed by atoms with E-state index in [-0.39, 0.29) is 0 Å². The summed E-state index contributed by atoms with van der Waals surface area (Å²) >= 11 is 12.7. The predicted molar refractivity (Wildman–Crippen MR) is 97.7 cm³/mol. The van der Waals surface area contributed by atoms with Crippen LogP contribution in [0, 0.1) is 0 Å². The molecule has 1 heterocycles. The summed E-state index contributed by atoms with van der Waals surface area (Å²) < 4.78 is 10.9. The van der Waals surface area contributed by atoms with E-state index in [9.17, 15) is 0 Å². The summed E-state index contributed by atoms with van der Waals surface area (Å²) in [6.45, 7) is 4.09. The highest BCUT2D eigenvalue weighted by atomic mass is 35.5. The van der Waals surface area contributed by atoms with Gasteiger partial charge in [-0.1, -0.05) is 29.3 Å². The van der Waals surface area contributed by atoms with E-state index in [4.69, 9.17) is 32.7 Å². The van der Waals surface area contributed by atoms with Crippen LogP contribution in [-0.4, -0.2) is 20.8 Å². The molecule has 0 aliphatic carbocycles. The highest BCUT2D eigenvalue weighted by Crippen LogP contribution is 2.34. The van der Waals surface area contributed by atoms with Gasteiger partial charge in [0.05, 0.1) is 30.8 Å². The number of hydrogen-bond donors (Lipinski definition) is 1. The van der Waals surface area contributed by atoms with Crippen LogP contribution in [0.1, 0.15) is 29.7 Å². The summed E-state index contributed by atoms with van der Waals surface area (Å²) in [5.41, 5.74) is 3.65. The van der Waals surface area contributed by atoms with E-state index in [2.05, 4.69) is 19.1 Å². The van der Waals surface area contributed by atoms with Crippen LogP contribution >= 0.6 is 23.2 Å². The third-order valence-electron chi connectivity index (χ3n) is 4.91. The molecule has 3 rings (SSSR count). The molecule has 0 bridgehead atoms. The lowest BCUT2D eigenvalue weighted by molar-refractivity contribution is -0.945. The quantitative estimate of drug-likeness (QED) is 0.890. The van der Waals surface area contributed by atoms with Crippen LogP contribution in [0.25, 0.3) is 0 Å². The summed E-state index contributed by atoms with van der Waals surface area (Å²) in [5, 5.41) is 1.47. The van der Waals surface area contributed by atoms with Crippen molar-refractivity contribution in [2.24, 2.45) is 0 Å². The van der Waals surface area contributed by atoms with Crippen molar-refractivity contribution in [3.05, 3.63) is 57.1 Å². The largest absolute Gasteiger partial charge is 0.493 e. The fraction of sp³-hybridized carbons (Fsp3) is 0.368. The van der Waals surface area contributed by atoms with Crippen molar-refractivity contribution >= 4 is 23.2 Å². The van der Waals surface area contributed by atoms with Crippen molar-refractivity contribution in [1.29, 1.82) is 0 Å². The van der Waals surface area contributed by atoms with E-state index in [1.54, 1.807) is 14.2 Å². The minimum Gasteiger partial charge on any atom is -0.493 e. The highest BCUT2D eigenvalue weighted by molar-refractivity contribution is 6.35. The van der Waals surface area contributed by atoms with Gasteiger partial charge >= 0.3 is 0 Å². The van der Waals surface area contributed by atoms with Crippen molar-refractivity contribution in [3.63, 3.8) is 0 Å². The number of rotatable bonds is 4. The van der Waals surface area contributed by atoms with Crippen LogP contribution in [0.15, 0.2) is 30.3 Å². The van der Waals surface area contributed by atoms with Gasteiger partial charge in [-0.05, 0) is 36.8 Å². The van der Waals surface area contributed by atoms with Crippen molar-refractivity contribution in [2.75, 3.05) is 20.8 Å². The molecule has 0 spiro atoms. The Bertz CT molecular complexity index is 728. The molecule has 1 unspecified atom stereocenters. The molecule has 2 aromatic carbocycles. The lowest BCUT2D eigenvalue weighted by Gasteiger charge is -2.33. The Morgan fingerprint density at radius 1 is 1.08 bits per heavy atom. The molecule has 1 aliphatic rings. The van der Waals surface area contributed by atoms with Crippen molar-refractivity contribution in [2.45, 2.75) is 25.9 Å². The number of benzene rings is 2. The van der Waals surface area contributed by atoms with Gasteiger partial charge in [-0.15, -0.1) is 0 Å². The van der Waals surface area contributed by atoms with Crippen LogP contribution in [0.5, 0.6) is 11.5 Å². The monoisotopic (exact) mass is 366 g/mol. The topological polar surface area (TPSA) is 22.9 Å². The van der Waals surface area contributed by atoms with Crippen molar-refractivity contribution in [1.82, 2.24) is 0 Å². The molecule has 0 amide bonds. The molecule has 0 fully saturated rings. The first-order chi connectivity index (χ1) is 11.5. The number of quaternary nitrogens is 1. The molecule has 0 saturated carbocycles. The van der Waals surface area contributed by atoms with Gasteiger partial charge in [-0.3, -0.25) is 0 Å². The van der Waals surface area contributed by atoms with E-state index in [1.807, 2.05) is 18.2 Å². The van der Waals surface area contributed by atoms with Gasteiger partial charge in [0.15, 0.2) is 11.5 Å². The highest BCUT2D eigenvalue weighted by Gasteiger charge is 2.30. The van der Waals surface area contributed by atoms with Gasteiger partial charge in [0.25, 0.3) is 0 Å². The maximum atomic E-state index is 6.35. The lowest BCUT2D eigenvalue weighted by Crippen LogP contribution is -3.11. The Morgan fingerprint density at radius 3 is 2.33 bits per heavy atom. The second-order valence-electron chi connectivity index (χ2n) is 6.16. The average Bonchev–Trinajstić information content (AvgIpc) is 2.59. The Kier molecular flexibility index (Phi) is 5.24. The smallest absolute Gasteiger partial charge is 0.161 e. The summed E-state index contributed by atoms with van der Waals surface area (Å²) in [5.74, 6) is 1.57. The maximum Gasteiger partial charge on any atom is 0.161 e. The zero-order valence-electron chi connectivity index (χ0n) is 14.2. The average molecular weight is 367 g/mol. The molecule has 2 atom stereocenters. The minimum absolute atomic E-state index is 0.334.